The lowest BCUT2D eigenvalue weighted by molar-refractivity contribution is 0.0163. The standard InChI is InChI=1S/C35H33N7O3/c1-21-10-32-33(15-29(21)23-3-5-31-26(12-23)18-38-40-31)45-34-13-24(22-2-4-30-25(11-22)17-37-39-30)16-36-35(34)42(32)7-9-43-8-6-41-19-28-14-27(41)20-44-28/h2-5,10-13,15-18,27-28H,6-9,14,19-20H2,1H3,(H,37,39)(H,38,40)/t27-,28-/m0/s1. The van der Waals surface area contributed by atoms with Gasteiger partial charge in [-0.25, -0.2) is 4.98 Å². The zero-order chi connectivity index (χ0) is 29.9. The van der Waals surface area contributed by atoms with Crippen LogP contribution in [0.25, 0.3) is 44.1 Å². The highest BCUT2D eigenvalue weighted by Crippen LogP contribution is 2.49. The first kappa shape index (κ1) is 26.6. The largest absolute Gasteiger partial charge is 0.451 e. The molecule has 2 fully saturated rings. The molecule has 0 aliphatic carbocycles. The van der Waals surface area contributed by atoms with Crippen LogP contribution in [0.5, 0.6) is 11.5 Å². The lowest BCUT2D eigenvalue weighted by Gasteiger charge is -2.33. The van der Waals surface area contributed by atoms with E-state index in [0.717, 1.165) is 98.7 Å². The van der Waals surface area contributed by atoms with E-state index >= 15 is 0 Å². The Morgan fingerprint density at radius 3 is 2.40 bits per heavy atom. The fourth-order valence-electron chi connectivity index (χ4n) is 7.03. The molecular formula is C35H33N7O3. The topological polar surface area (TPSA) is 104 Å². The quantitative estimate of drug-likeness (QED) is 0.199. The van der Waals surface area contributed by atoms with Gasteiger partial charge in [0.2, 0.25) is 0 Å². The van der Waals surface area contributed by atoms with E-state index in [9.17, 15) is 0 Å². The van der Waals surface area contributed by atoms with E-state index in [1.165, 1.54) is 0 Å². The van der Waals surface area contributed by atoms with E-state index in [0.29, 0.717) is 31.9 Å². The summed E-state index contributed by atoms with van der Waals surface area (Å²) in [5, 5.41) is 16.6. The third kappa shape index (κ3) is 4.73. The predicted octanol–water partition coefficient (Wildman–Crippen LogP) is 6.21. The zero-order valence-electron chi connectivity index (χ0n) is 25.0. The van der Waals surface area contributed by atoms with Gasteiger partial charge >= 0.3 is 0 Å². The summed E-state index contributed by atoms with van der Waals surface area (Å²) in [7, 11) is 0. The van der Waals surface area contributed by atoms with Crippen LogP contribution in [0.4, 0.5) is 11.5 Å². The summed E-state index contributed by atoms with van der Waals surface area (Å²) in [6.45, 7) is 6.90. The first-order valence-electron chi connectivity index (χ1n) is 15.6. The molecule has 3 aromatic carbocycles. The number of aromatic nitrogens is 5. The van der Waals surface area contributed by atoms with Crippen molar-refractivity contribution in [2.45, 2.75) is 25.5 Å². The second-order valence-corrected chi connectivity index (χ2v) is 12.2. The molecule has 6 aromatic rings. The number of hydrogen-bond acceptors (Lipinski definition) is 8. The van der Waals surface area contributed by atoms with Gasteiger partial charge in [0.15, 0.2) is 17.3 Å². The summed E-state index contributed by atoms with van der Waals surface area (Å²) in [4.78, 5) is 9.70. The van der Waals surface area contributed by atoms with Crippen LogP contribution in [0.15, 0.2) is 73.2 Å². The number of nitrogens with zero attached hydrogens (tertiary/aromatic N) is 5. The third-order valence-corrected chi connectivity index (χ3v) is 9.43. The summed E-state index contributed by atoms with van der Waals surface area (Å²) < 4.78 is 18.6. The van der Waals surface area contributed by atoms with Crippen LogP contribution in [0.3, 0.4) is 0 Å². The molecule has 3 aromatic heterocycles. The van der Waals surface area contributed by atoms with Gasteiger partial charge in [-0.2, -0.15) is 10.2 Å². The predicted molar refractivity (Wildman–Crippen MR) is 173 cm³/mol. The smallest absolute Gasteiger partial charge is 0.176 e. The maximum absolute atomic E-state index is 6.65. The van der Waals surface area contributed by atoms with Crippen LogP contribution >= 0.6 is 0 Å². The lowest BCUT2D eigenvalue weighted by Crippen LogP contribution is -2.39. The fraction of sp³-hybridized carbons (Fsp3) is 0.286. The summed E-state index contributed by atoms with van der Waals surface area (Å²) in [5.41, 5.74) is 8.45. The number of anilines is 2. The molecule has 0 amide bonds. The van der Waals surface area contributed by atoms with Crippen molar-refractivity contribution in [3.8, 4) is 33.8 Å². The number of benzene rings is 3. The maximum Gasteiger partial charge on any atom is 0.176 e. The highest BCUT2D eigenvalue weighted by molar-refractivity contribution is 5.88. The molecule has 226 valence electrons. The molecule has 10 heteroatoms. The highest BCUT2D eigenvalue weighted by Gasteiger charge is 2.38. The van der Waals surface area contributed by atoms with Crippen molar-refractivity contribution < 1.29 is 14.2 Å². The Labute approximate surface area is 259 Å². The molecule has 2 N–H and O–H groups in total. The number of aromatic amines is 2. The number of aryl methyl sites for hydroxylation is 1. The number of hydrogen-bond donors (Lipinski definition) is 2. The number of rotatable bonds is 8. The van der Waals surface area contributed by atoms with Crippen LogP contribution in [-0.4, -0.2) is 81.9 Å². The van der Waals surface area contributed by atoms with E-state index in [1.54, 1.807) is 0 Å². The molecule has 3 aliphatic heterocycles. The number of pyridine rings is 1. The Bertz CT molecular complexity index is 2050. The van der Waals surface area contributed by atoms with Gasteiger partial charge < -0.3 is 19.1 Å². The van der Waals surface area contributed by atoms with Crippen molar-refractivity contribution in [2.75, 3.05) is 44.4 Å². The summed E-state index contributed by atoms with van der Waals surface area (Å²) in [6, 6.07) is 19.6. The first-order valence-corrected chi connectivity index (χ1v) is 15.6. The molecule has 45 heavy (non-hydrogen) atoms. The van der Waals surface area contributed by atoms with Gasteiger partial charge in [0.1, 0.15) is 0 Å². The molecule has 6 heterocycles. The van der Waals surface area contributed by atoms with Crippen molar-refractivity contribution in [3.05, 3.63) is 78.8 Å². The van der Waals surface area contributed by atoms with Crippen LogP contribution in [0.1, 0.15) is 12.0 Å². The van der Waals surface area contributed by atoms with Gasteiger partial charge in [-0.05, 0) is 78.1 Å². The zero-order valence-corrected chi connectivity index (χ0v) is 25.0. The molecule has 0 saturated carbocycles. The fourth-order valence-corrected chi connectivity index (χ4v) is 7.03. The summed E-state index contributed by atoms with van der Waals surface area (Å²) in [6.07, 6.45) is 7.18. The van der Waals surface area contributed by atoms with Gasteiger partial charge in [0, 0.05) is 48.2 Å². The number of likely N-dealkylation sites (tertiary alicyclic amines) is 1. The molecule has 0 radical (unpaired) electrons. The average Bonchev–Trinajstić information content (AvgIpc) is 3.88. The molecule has 0 spiro atoms. The minimum absolute atomic E-state index is 0.406. The van der Waals surface area contributed by atoms with Crippen LogP contribution < -0.4 is 9.64 Å². The Hall–Kier alpha value is -4.77. The molecule has 10 nitrogen and oxygen atoms in total. The monoisotopic (exact) mass is 599 g/mol. The molecule has 2 saturated heterocycles. The Kier molecular flexibility index (Phi) is 6.32. The highest BCUT2D eigenvalue weighted by atomic mass is 16.5. The van der Waals surface area contributed by atoms with E-state index in [-0.39, 0.29) is 0 Å². The van der Waals surface area contributed by atoms with Gasteiger partial charge in [-0.1, -0.05) is 12.1 Å². The average molecular weight is 600 g/mol. The normalized spacial score (nSPS) is 18.9. The van der Waals surface area contributed by atoms with Crippen molar-refractivity contribution in [1.29, 1.82) is 0 Å². The lowest BCUT2D eigenvalue weighted by atomic mass is 9.97. The van der Waals surface area contributed by atoms with E-state index in [2.05, 4.69) is 85.6 Å². The van der Waals surface area contributed by atoms with E-state index in [1.807, 2.05) is 24.7 Å². The van der Waals surface area contributed by atoms with Crippen molar-refractivity contribution >= 4 is 33.3 Å². The first-order chi connectivity index (χ1) is 22.2. The van der Waals surface area contributed by atoms with Crippen LogP contribution in [0, 0.1) is 6.92 Å². The second-order valence-electron chi connectivity index (χ2n) is 12.2. The number of H-pyrrole nitrogens is 2. The Balaban J connectivity index is 1.03. The van der Waals surface area contributed by atoms with Gasteiger partial charge in [0.05, 0.1) is 55.0 Å². The van der Waals surface area contributed by atoms with Crippen LogP contribution in [-0.2, 0) is 9.47 Å². The minimum Gasteiger partial charge on any atom is -0.451 e. The van der Waals surface area contributed by atoms with Crippen LogP contribution in [0.2, 0.25) is 0 Å². The van der Waals surface area contributed by atoms with Gasteiger partial charge in [-0.15, -0.1) is 0 Å². The molecule has 2 bridgehead atoms. The Morgan fingerprint density at radius 1 is 0.844 bits per heavy atom. The number of fused-ring (bicyclic) bond motifs is 6. The van der Waals surface area contributed by atoms with E-state index < -0.39 is 0 Å². The SMILES string of the molecule is Cc1cc2c(cc1-c1ccc3[nH]ncc3c1)Oc1cc(-c3ccc4[nH]ncc4c3)cnc1N2CCOCCN1C[C@@H]2C[C@H]1CO2. The van der Waals surface area contributed by atoms with Crippen molar-refractivity contribution in [2.24, 2.45) is 0 Å². The molecular weight excluding hydrogens is 566 g/mol. The number of ether oxygens (including phenoxy) is 3. The second kappa shape index (κ2) is 10.7. The molecule has 3 aliphatic rings. The van der Waals surface area contributed by atoms with Gasteiger partial charge in [-0.3, -0.25) is 15.1 Å². The molecule has 9 rings (SSSR count). The number of nitrogens with one attached hydrogen (secondary N) is 2. The molecule has 2 atom stereocenters. The number of morpholine rings is 1. The van der Waals surface area contributed by atoms with Crippen molar-refractivity contribution in [1.82, 2.24) is 30.3 Å². The summed E-state index contributed by atoms with van der Waals surface area (Å²) >= 11 is 0. The maximum atomic E-state index is 6.65. The van der Waals surface area contributed by atoms with Gasteiger partial charge in [0.25, 0.3) is 0 Å². The molecule has 0 unspecified atom stereocenters. The Morgan fingerprint density at radius 2 is 1.62 bits per heavy atom. The third-order valence-electron chi connectivity index (χ3n) is 9.43. The minimum atomic E-state index is 0.406. The summed E-state index contributed by atoms with van der Waals surface area (Å²) in [5.74, 6) is 2.31. The van der Waals surface area contributed by atoms with Crippen molar-refractivity contribution in [3.63, 3.8) is 0 Å². The van der Waals surface area contributed by atoms with E-state index in [4.69, 9.17) is 19.2 Å².